The molecule has 0 saturated heterocycles. The molecule has 0 amide bonds. The summed E-state index contributed by atoms with van der Waals surface area (Å²) in [4.78, 5) is 0. The van der Waals surface area contributed by atoms with Gasteiger partial charge in [0.1, 0.15) is 0 Å². The quantitative estimate of drug-likeness (QED) is 0.546. The molecule has 0 radical (unpaired) electrons. The summed E-state index contributed by atoms with van der Waals surface area (Å²) in [6.07, 6.45) is -9.75. The van der Waals surface area contributed by atoms with Crippen LogP contribution in [-0.2, 0) is 4.74 Å². The van der Waals surface area contributed by atoms with E-state index in [2.05, 4.69) is 4.74 Å². The summed E-state index contributed by atoms with van der Waals surface area (Å²) in [7, 11) is 0. The summed E-state index contributed by atoms with van der Waals surface area (Å²) in [5, 5.41) is 8.23. The summed E-state index contributed by atoms with van der Waals surface area (Å²) < 4.78 is 75.5. The van der Waals surface area contributed by atoms with Gasteiger partial charge in [0.25, 0.3) is 0 Å². The number of ether oxygens (including phenoxy) is 1. The van der Waals surface area contributed by atoms with Crippen LogP contribution in [0.3, 0.4) is 0 Å². The Morgan fingerprint density at radius 3 is 2.00 bits per heavy atom. The largest absolute Gasteiger partial charge is 0.425 e. The van der Waals surface area contributed by atoms with E-state index in [9.17, 15) is 26.3 Å². The van der Waals surface area contributed by atoms with Gasteiger partial charge in [-0.2, -0.15) is 17.6 Å². The van der Waals surface area contributed by atoms with Crippen LogP contribution in [0.15, 0.2) is 0 Å². The molecule has 0 aromatic carbocycles. The maximum atomic E-state index is 12.4. The highest BCUT2D eigenvalue weighted by Gasteiger charge is 2.64. The molecule has 2 nitrogen and oxygen atoms in total. The third-order valence-electron chi connectivity index (χ3n) is 1.50. The number of aliphatic hydroxyl groups is 1. The lowest BCUT2D eigenvalue weighted by molar-refractivity contribution is -0.373. The summed E-state index contributed by atoms with van der Waals surface area (Å²) in [5.74, 6) is -5.51. The topological polar surface area (TPSA) is 29.5 Å². The predicted octanol–water partition coefficient (Wildman–Crippen LogP) is 2.27. The van der Waals surface area contributed by atoms with Crippen LogP contribution >= 0.6 is 0 Å². The molecular weight excluding hydrogens is 230 g/mol. The fourth-order valence-electron chi connectivity index (χ4n) is 0.637. The van der Waals surface area contributed by atoms with Gasteiger partial charge in [-0.1, -0.05) is 0 Å². The van der Waals surface area contributed by atoms with Crippen molar-refractivity contribution in [3.63, 3.8) is 0 Å². The van der Waals surface area contributed by atoms with Crippen molar-refractivity contribution in [2.45, 2.75) is 31.3 Å². The van der Waals surface area contributed by atoms with Gasteiger partial charge in [-0.15, -0.1) is 0 Å². The minimum absolute atomic E-state index is 0.0658. The van der Waals surface area contributed by atoms with Crippen LogP contribution in [0.2, 0.25) is 0 Å². The van der Waals surface area contributed by atoms with Crippen molar-refractivity contribution >= 4 is 0 Å². The number of halogens is 6. The molecule has 0 aliphatic rings. The summed E-state index contributed by atoms with van der Waals surface area (Å²) >= 11 is 0. The van der Waals surface area contributed by atoms with E-state index in [0.29, 0.717) is 0 Å². The Hall–Kier alpha value is -0.500. The van der Waals surface area contributed by atoms with Crippen LogP contribution in [-0.4, -0.2) is 36.8 Å². The first-order chi connectivity index (χ1) is 6.75. The number of hydrogen-bond acceptors (Lipinski definition) is 2. The smallest absolute Gasteiger partial charge is 0.396 e. The maximum Gasteiger partial charge on any atom is 0.425 e. The molecule has 0 bridgehead atoms. The highest BCUT2D eigenvalue weighted by Crippen LogP contribution is 2.39. The molecule has 0 unspecified atom stereocenters. The Bertz CT molecular complexity index is 184. The van der Waals surface area contributed by atoms with Gasteiger partial charge in [-0.3, -0.25) is 0 Å². The molecule has 0 aliphatic heterocycles. The molecule has 0 heterocycles. The molecule has 15 heavy (non-hydrogen) atoms. The number of alkyl halides is 6. The standard InChI is InChI=1S/C7H10F6O2/c8-5(9)6(10,11)7(12,13)15-4-2-1-3-14/h5,14H,1-4H2. The van der Waals surface area contributed by atoms with Crippen molar-refractivity contribution in [1.82, 2.24) is 0 Å². The average molecular weight is 240 g/mol. The van der Waals surface area contributed by atoms with Gasteiger partial charge in [0, 0.05) is 6.61 Å². The molecule has 0 aromatic heterocycles. The Balaban J connectivity index is 4.16. The van der Waals surface area contributed by atoms with Crippen LogP contribution in [0.5, 0.6) is 0 Å². The lowest BCUT2D eigenvalue weighted by Crippen LogP contribution is -2.48. The predicted molar refractivity (Wildman–Crippen MR) is 38.2 cm³/mol. The molecule has 0 rings (SSSR count). The zero-order chi connectivity index (χ0) is 12.1. The van der Waals surface area contributed by atoms with E-state index in [-0.39, 0.29) is 19.4 Å². The van der Waals surface area contributed by atoms with E-state index < -0.39 is 25.1 Å². The molecular formula is C7H10F6O2. The Kier molecular flexibility index (Phi) is 5.36. The van der Waals surface area contributed by atoms with Gasteiger partial charge >= 0.3 is 18.5 Å². The van der Waals surface area contributed by atoms with Crippen LogP contribution < -0.4 is 0 Å². The lowest BCUT2D eigenvalue weighted by Gasteiger charge is -2.25. The fourth-order valence-corrected chi connectivity index (χ4v) is 0.637. The SMILES string of the molecule is OCCCCOC(F)(F)C(F)(F)C(F)F. The first kappa shape index (κ1) is 14.5. The number of aliphatic hydroxyl groups excluding tert-OH is 1. The minimum Gasteiger partial charge on any atom is -0.396 e. The van der Waals surface area contributed by atoms with Crippen molar-refractivity contribution in [3.05, 3.63) is 0 Å². The van der Waals surface area contributed by atoms with Gasteiger partial charge in [-0.25, -0.2) is 8.78 Å². The molecule has 8 heteroatoms. The lowest BCUT2D eigenvalue weighted by atomic mass is 10.3. The third kappa shape index (κ3) is 3.86. The molecule has 0 spiro atoms. The van der Waals surface area contributed by atoms with Gasteiger partial charge in [0.15, 0.2) is 0 Å². The van der Waals surface area contributed by atoms with E-state index in [4.69, 9.17) is 5.11 Å². The molecule has 0 aliphatic carbocycles. The molecule has 92 valence electrons. The number of rotatable bonds is 7. The second-order valence-corrected chi connectivity index (χ2v) is 2.72. The van der Waals surface area contributed by atoms with Crippen molar-refractivity contribution in [2.75, 3.05) is 13.2 Å². The highest BCUT2D eigenvalue weighted by molar-refractivity contribution is 4.79. The first-order valence-corrected chi connectivity index (χ1v) is 4.04. The van der Waals surface area contributed by atoms with Crippen LogP contribution in [0, 0.1) is 0 Å². The van der Waals surface area contributed by atoms with Crippen molar-refractivity contribution in [2.24, 2.45) is 0 Å². The second kappa shape index (κ2) is 5.55. The molecule has 1 N–H and O–H groups in total. The summed E-state index contributed by atoms with van der Waals surface area (Å²) in [6.45, 7) is -1.14. The highest BCUT2D eigenvalue weighted by atomic mass is 19.3. The van der Waals surface area contributed by atoms with E-state index >= 15 is 0 Å². The van der Waals surface area contributed by atoms with Crippen molar-refractivity contribution < 1.29 is 36.2 Å². The van der Waals surface area contributed by atoms with Gasteiger partial charge in [0.2, 0.25) is 0 Å². The van der Waals surface area contributed by atoms with Gasteiger partial charge in [-0.05, 0) is 12.8 Å². The van der Waals surface area contributed by atoms with E-state index in [1.54, 1.807) is 0 Å². The average Bonchev–Trinajstić information content (AvgIpc) is 2.12. The normalized spacial score (nSPS) is 13.6. The maximum absolute atomic E-state index is 12.4. The zero-order valence-electron chi connectivity index (χ0n) is 7.53. The fraction of sp³-hybridized carbons (Fsp3) is 1.00. The van der Waals surface area contributed by atoms with Crippen LogP contribution in [0.25, 0.3) is 0 Å². The summed E-state index contributed by atoms with van der Waals surface area (Å²) in [5.41, 5.74) is 0. The van der Waals surface area contributed by atoms with Gasteiger partial charge < -0.3 is 9.84 Å². The zero-order valence-corrected chi connectivity index (χ0v) is 7.53. The molecule has 0 fully saturated rings. The molecule has 0 saturated carbocycles. The first-order valence-electron chi connectivity index (χ1n) is 4.04. The Morgan fingerprint density at radius 1 is 1.07 bits per heavy atom. The Morgan fingerprint density at radius 2 is 1.60 bits per heavy atom. The molecule has 0 aromatic rings. The third-order valence-corrected chi connectivity index (χ3v) is 1.50. The van der Waals surface area contributed by atoms with Crippen molar-refractivity contribution in [1.29, 1.82) is 0 Å². The number of hydrogen-bond donors (Lipinski definition) is 1. The van der Waals surface area contributed by atoms with Crippen LogP contribution in [0.1, 0.15) is 12.8 Å². The van der Waals surface area contributed by atoms with E-state index in [1.807, 2.05) is 0 Å². The second-order valence-electron chi connectivity index (χ2n) is 2.72. The minimum atomic E-state index is -5.51. The van der Waals surface area contributed by atoms with Crippen LogP contribution in [0.4, 0.5) is 26.3 Å². The van der Waals surface area contributed by atoms with E-state index in [1.165, 1.54) is 0 Å². The summed E-state index contributed by atoms with van der Waals surface area (Å²) in [6, 6.07) is 0. The number of unbranched alkanes of at least 4 members (excludes halogenated alkanes) is 1. The van der Waals surface area contributed by atoms with Crippen molar-refractivity contribution in [3.8, 4) is 0 Å². The van der Waals surface area contributed by atoms with Gasteiger partial charge in [0.05, 0.1) is 6.61 Å². The van der Waals surface area contributed by atoms with E-state index in [0.717, 1.165) is 0 Å². The molecule has 0 atom stereocenters. The Labute approximate surface area is 81.8 Å². The monoisotopic (exact) mass is 240 g/mol.